The molecule has 2 unspecified atom stereocenters. The molecule has 2 aliphatic heterocycles. The van der Waals surface area contributed by atoms with Crippen LogP contribution in [0.25, 0.3) is 10.9 Å². The predicted octanol–water partition coefficient (Wildman–Crippen LogP) is 2.72. The van der Waals surface area contributed by atoms with Crippen LogP contribution < -0.4 is 19.7 Å². The van der Waals surface area contributed by atoms with Crippen molar-refractivity contribution in [2.24, 2.45) is 5.92 Å². The molecule has 1 aromatic carbocycles. The number of hydrogen-bond acceptors (Lipinski definition) is 10. The first-order chi connectivity index (χ1) is 20.2. The van der Waals surface area contributed by atoms with Crippen LogP contribution >= 0.6 is 11.8 Å². The van der Waals surface area contributed by atoms with E-state index in [1.165, 1.54) is 21.1 Å². The van der Waals surface area contributed by atoms with Crippen LogP contribution in [0.15, 0.2) is 24.3 Å². The van der Waals surface area contributed by atoms with Gasteiger partial charge in [-0.25, -0.2) is 4.98 Å². The van der Waals surface area contributed by atoms with E-state index >= 15 is 0 Å². The summed E-state index contributed by atoms with van der Waals surface area (Å²) in [4.78, 5) is 65.4. The van der Waals surface area contributed by atoms with Crippen LogP contribution in [0.1, 0.15) is 33.6 Å². The highest BCUT2D eigenvalue weighted by Gasteiger charge is 2.36. The second-order valence-corrected chi connectivity index (χ2v) is 11.5. The Morgan fingerprint density at radius 1 is 1.07 bits per heavy atom. The normalized spacial score (nSPS) is 17.9. The van der Waals surface area contributed by atoms with Crippen molar-refractivity contribution in [3.05, 3.63) is 24.3 Å². The number of hydrogen-bond donors (Lipinski definition) is 1. The third-order valence-electron chi connectivity index (χ3n) is 7.41. The molecule has 3 amide bonds. The number of ether oxygens (including phenoxy) is 2. The quantitative estimate of drug-likeness (QED) is 0.430. The van der Waals surface area contributed by atoms with Crippen molar-refractivity contribution in [1.29, 1.82) is 0 Å². The van der Waals surface area contributed by atoms with Gasteiger partial charge in [-0.05, 0) is 31.9 Å². The molecule has 0 radical (unpaired) electrons. The summed E-state index contributed by atoms with van der Waals surface area (Å²) in [5, 5.41) is 3.49. The predicted molar refractivity (Wildman–Crippen MR) is 162 cm³/mol. The van der Waals surface area contributed by atoms with E-state index < -0.39 is 12.0 Å². The van der Waals surface area contributed by atoms with Gasteiger partial charge in [0.1, 0.15) is 11.9 Å². The molecule has 2 atom stereocenters. The van der Waals surface area contributed by atoms with Crippen molar-refractivity contribution in [3.8, 4) is 11.5 Å². The molecule has 4 rings (SSSR count). The fourth-order valence-corrected chi connectivity index (χ4v) is 5.78. The Balaban J connectivity index is 1.62. The van der Waals surface area contributed by atoms with Crippen molar-refractivity contribution in [2.45, 2.75) is 39.7 Å². The minimum absolute atomic E-state index is 0.0359. The third-order valence-corrected chi connectivity index (χ3v) is 8.48. The van der Waals surface area contributed by atoms with Crippen LogP contribution in [0.4, 0.5) is 11.8 Å². The molecule has 0 spiro atoms. The van der Waals surface area contributed by atoms with Gasteiger partial charge in [0.05, 0.1) is 19.7 Å². The van der Waals surface area contributed by atoms with Gasteiger partial charge in [0.25, 0.3) is 0 Å². The summed E-state index contributed by atoms with van der Waals surface area (Å²) >= 11 is 1.11. The molecule has 2 fully saturated rings. The van der Waals surface area contributed by atoms with Gasteiger partial charge in [-0.1, -0.05) is 24.8 Å². The van der Waals surface area contributed by atoms with E-state index in [9.17, 15) is 19.2 Å². The number of likely N-dealkylation sites (tertiary alicyclic amines) is 1. The molecule has 1 N–H and O–H groups in total. The molecule has 12 nitrogen and oxygen atoms in total. The van der Waals surface area contributed by atoms with Crippen molar-refractivity contribution in [3.63, 3.8) is 0 Å². The summed E-state index contributed by atoms with van der Waals surface area (Å²) in [7, 11) is 3.07. The number of thioether (sulfide) groups is 1. The lowest BCUT2D eigenvalue weighted by Gasteiger charge is -2.34. The monoisotopic (exact) mass is 598 g/mol. The summed E-state index contributed by atoms with van der Waals surface area (Å²) in [6.07, 6.45) is 4.50. The van der Waals surface area contributed by atoms with E-state index in [-0.39, 0.29) is 22.8 Å². The van der Waals surface area contributed by atoms with Crippen LogP contribution in [0.5, 0.6) is 11.5 Å². The van der Waals surface area contributed by atoms with Crippen LogP contribution in [0, 0.1) is 5.92 Å². The van der Waals surface area contributed by atoms with Gasteiger partial charge in [0.2, 0.25) is 23.7 Å². The Morgan fingerprint density at radius 3 is 2.40 bits per heavy atom. The number of allylic oxidation sites excluding steroid dienone is 1. The molecule has 0 saturated carbocycles. The lowest BCUT2D eigenvalue weighted by Crippen LogP contribution is -2.49. The molecule has 13 heteroatoms. The number of carbonyl (C=O) groups excluding carboxylic acids is 4. The van der Waals surface area contributed by atoms with E-state index in [1.54, 1.807) is 41.0 Å². The smallest absolute Gasteiger partial charge is 0.248 e. The minimum atomic E-state index is -0.655. The molecule has 3 heterocycles. The van der Waals surface area contributed by atoms with Crippen molar-refractivity contribution in [2.75, 3.05) is 62.9 Å². The lowest BCUT2D eigenvalue weighted by atomic mass is 10.1. The van der Waals surface area contributed by atoms with E-state index in [4.69, 9.17) is 19.4 Å². The van der Waals surface area contributed by atoms with Gasteiger partial charge in [-0.2, -0.15) is 4.98 Å². The van der Waals surface area contributed by atoms with E-state index in [2.05, 4.69) is 5.32 Å². The molecule has 0 aliphatic carbocycles. The number of anilines is 2. The molecule has 42 heavy (non-hydrogen) atoms. The zero-order valence-corrected chi connectivity index (χ0v) is 25.5. The number of piperazine rings is 1. The summed E-state index contributed by atoms with van der Waals surface area (Å²) < 4.78 is 11.0. The zero-order valence-electron chi connectivity index (χ0n) is 24.7. The number of aromatic nitrogens is 2. The molecular formula is C29H38N6O6S. The number of nitrogens with one attached hydrogen (secondary N) is 1. The topological polar surface area (TPSA) is 134 Å². The maximum Gasteiger partial charge on any atom is 0.248 e. The van der Waals surface area contributed by atoms with E-state index in [1.807, 2.05) is 11.8 Å². The van der Waals surface area contributed by atoms with Gasteiger partial charge in [0, 0.05) is 62.8 Å². The van der Waals surface area contributed by atoms with Crippen molar-refractivity contribution >= 4 is 57.3 Å². The van der Waals surface area contributed by atoms with Crippen LogP contribution in [0.3, 0.4) is 0 Å². The fourth-order valence-electron chi connectivity index (χ4n) is 5.15. The van der Waals surface area contributed by atoms with Gasteiger partial charge in [-0.15, -0.1) is 0 Å². The summed E-state index contributed by atoms with van der Waals surface area (Å²) in [6.45, 7) is 7.61. The Kier molecular flexibility index (Phi) is 10.3. The molecule has 2 saturated heterocycles. The van der Waals surface area contributed by atoms with Crippen LogP contribution in [-0.4, -0.2) is 101 Å². The van der Waals surface area contributed by atoms with Gasteiger partial charge < -0.3 is 29.5 Å². The molecule has 2 aromatic rings. The standard InChI is InChI=1S/C29H38N6O6S/c1-6-8-25(37)33-11-13-34(14-12-33)29-30-21-16-24(41-5)23(40-4)15-20(21)26(32-29)31-27(38)22-9-7-10-35(22)28(39)18(2)17-42-19(3)36/h6,8,15-16,18,22H,7,9-14,17H2,1-5H3,(H,30,31,32,38)/b8-6+. The molecule has 0 bridgehead atoms. The van der Waals surface area contributed by atoms with Gasteiger partial charge >= 0.3 is 0 Å². The third kappa shape index (κ3) is 6.94. The number of carbonyl (C=O) groups is 4. The molecule has 226 valence electrons. The second kappa shape index (κ2) is 13.9. The minimum Gasteiger partial charge on any atom is -0.493 e. The Bertz CT molecular complexity index is 1380. The summed E-state index contributed by atoms with van der Waals surface area (Å²) in [6, 6.07) is 2.80. The fraction of sp³-hybridized carbons (Fsp3) is 0.517. The average molecular weight is 599 g/mol. The lowest BCUT2D eigenvalue weighted by molar-refractivity contribution is -0.139. The summed E-state index contributed by atoms with van der Waals surface area (Å²) in [5.41, 5.74) is 0.551. The van der Waals surface area contributed by atoms with E-state index in [0.29, 0.717) is 85.5 Å². The zero-order chi connectivity index (χ0) is 30.4. The highest BCUT2D eigenvalue weighted by Crippen LogP contribution is 2.35. The summed E-state index contributed by atoms with van der Waals surface area (Å²) in [5.74, 6) is 1.11. The van der Waals surface area contributed by atoms with Crippen molar-refractivity contribution < 1.29 is 28.7 Å². The Morgan fingerprint density at radius 2 is 1.76 bits per heavy atom. The number of rotatable bonds is 9. The van der Waals surface area contributed by atoms with Crippen LogP contribution in [0.2, 0.25) is 0 Å². The van der Waals surface area contributed by atoms with Gasteiger partial charge in [-0.3, -0.25) is 19.2 Å². The van der Waals surface area contributed by atoms with Crippen LogP contribution in [-0.2, 0) is 19.2 Å². The first-order valence-corrected chi connectivity index (χ1v) is 15.0. The van der Waals surface area contributed by atoms with Crippen molar-refractivity contribution in [1.82, 2.24) is 19.8 Å². The van der Waals surface area contributed by atoms with Gasteiger partial charge in [0.15, 0.2) is 16.6 Å². The maximum atomic E-state index is 13.7. The highest BCUT2D eigenvalue weighted by atomic mass is 32.2. The number of methoxy groups -OCH3 is 2. The first kappa shape index (κ1) is 31.1. The largest absolute Gasteiger partial charge is 0.493 e. The highest BCUT2D eigenvalue weighted by molar-refractivity contribution is 8.13. The molecule has 2 aliphatic rings. The molecular weight excluding hydrogens is 560 g/mol. The average Bonchev–Trinajstić information content (AvgIpc) is 3.49. The maximum absolute atomic E-state index is 13.7. The number of benzene rings is 1. The number of amides is 3. The Hall–Kier alpha value is -3.87. The number of fused-ring (bicyclic) bond motifs is 1. The van der Waals surface area contributed by atoms with E-state index in [0.717, 1.165) is 11.8 Å². The second-order valence-electron chi connectivity index (χ2n) is 10.3. The molecule has 1 aromatic heterocycles. The Labute approximate surface area is 249 Å². The first-order valence-electron chi connectivity index (χ1n) is 14.0. The SMILES string of the molecule is C/C=C/C(=O)N1CCN(c2nc(NC(=O)C3CCCN3C(=O)C(C)CSC(C)=O)c3cc(OC)c(OC)cc3n2)CC1. The number of nitrogens with zero attached hydrogens (tertiary/aromatic N) is 5.